The zero-order valence-corrected chi connectivity index (χ0v) is 12.9. The molecule has 1 amide bonds. The fraction of sp³-hybridized carbons (Fsp3) is 0.733. The highest BCUT2D eigenvalue weighted by atomic mass is 32.1. The number of aryl methyl sites for hydroxylation is 1. The Morgan fingerprint density at radius 2 is 2.05 bits per heavy atom. The number of carbonyl (C=O) groups excluding carboxylic acids is 1. The Morgan fingerprint density at radius 1 is 1.25 bits per heavy atom. The van der Waals surface area contributed by atoms with E-state index in [-0.39, 0.29) is 5.91 Å². The lowest BCUT2D eigenvalue weighted by molar-refractivity contribution is -0.121. The predicted molar refractivity (Wildman–Crippen MR) is 82.9 cm³/mol. The highest BCUT2D eigenvalue weighted by molar-refractivity contribution is 7.07. The highest BCUT2D eigenvalue weighted by Gasteiger charge is 2.11. The molecule has 0 unspecified atom stereocenters. The Balaban J connectivity index is 1.50. The van der Waals surface area contributed by atoms with Gasteiger partial charge in [0.05, 0.1) is 11.2 Å². The van der Waals surface area contributed by atoms with E-state index in [1.54, 1.807) is 11.3 Å². The molecular formula is C15H25N3OS. The van der Waals surface area contributed by atoms with Crippen molar-refractivity contribution in [1.82, 2.24) is 15.6 Å². The van der Waals surface area contributed by atoms with Crippen molar-refractivity contribution in [3.8, 4) is 0 Å². The van der Waals surface area contributed by atoms with Crippen LogP contribution in [0.2, 0.25) is 0 Å². The van der Waals surface area contributed by atoms with Gasteiger partial charge in [0.25, 0.3) is 0 Å². The van der Waals surface area contributed by atoms with E-state index in [2.05, 4.69) is 15.6 Å². The molecule has 0 radical (unpaired) electrons. The third-order valence-electron chi connectivity index (χ3n) is 3.83. The third kappa shape index (κ3) is 6.01. The van der Waals surface area contributed by atoms with Gasteiger partial charge in [-0.1, -0.05) is 25.7 Å². The fourth-order valence-corrected chi connectivity index (χ4v) is 3.25. The SMILES string of the molecule is O=C(CCc1cscn1)NCCNC1CCCCCC1. The first-order valence-corrected chi connectivity index (χ1v) is 8.66. The van der Waals surface area contributed by atoms with Crippen LogP contribution in [0.15, 0.2) is 10.9 Å². The van der Waals surface area contributed by atoms with Crippen LogP contribution in [0.3, 0.4) is 0 Å². The second-order valence-electron chi connectivity index (χ2n) is 5.47. The molecule has 1 aliphatic rings. The fourth-order valence-electron chi connectivity index (χ4n) is 2.65. The van der Waals surface area contributed by atoms with Crippen LogP contribution in [0.4, 0.5) is 0 Å². The minimum absolute atomic E-state index is 0.126. The summed E-state index contributed by atoms with van der Waals surface area (Å²) in [4.78, 5) is 15.9. The number of aromatic nitrogens is 1. The van der Waals surface area contributed by atoms with Gasteiger partial charge in [-0.05, 0) is 19.3 Å². The third-order valence-corrected chi connectivity index (χ3v) is 4.46. The lowest BCUT2D eigenvalue weighted by atomic mass is 10.1. The molecular weight excluding hydrogens is 270 g/mol. The maximum atomic E-state index is 11.7. The van der Waals surface area contributed by atoms with Gasteiger partial charge in [-0.25, -0.2) is 4.98 Å². The van der Waals surface area contributed by atoms with Gasteiger partial charge in [0.1, 0.15) is 0 Å². The molecule has 2 N–H and O–H groups in total. The summed E-state index contributed by atoms with van der Waals surface area (Å²) >= 11 is 1.58. The van der Waals surface area contributed by atoms with Gasteiger partial charge in [0, 0.05) is 30.9 Å². The van der Waals surface area contributed by atoms with E-state index >= 15 is 0 Å². The molecule has 0 saturated heterocycles. The lowest BCUT2D eigenvalue weighted by Crippen LogP contribution is -2.36. The number of amides is 1. The largest absolute Gasteiger partial charge is 0.355 e. The maximum absolute atomic E-state index is 11.7. The Bertz CT molecular complexity index is 372. The molecule has 0 spiro atoms. The van der Waals surface area contributed by atoms with Crippen molar-refractivity contribution in [1.29, 1.82) is 0 Å². The summed E-state index contributed by atoms with van der Waals surface area (Å²) in [5, 5.41) is 8.54. The van der Waals surface area contributed by atoms with Crippen molar-refractivity contribution < 1.29 is 4.79 Å². The molecule has 0 atom stereocenters. The number of nitrogens with one attached hydrogen (secondary N) is 2. The second-order valence-corrected chi connectivity index (χ2v) is 6.19. The summed E-state index contributed by atoms with van der Waals surface area (Å²) in [5.74, 6) is 0.126. The van der Waals surface area contributed by atoms with Crippen LogP contribution < -0.4 is 10.6 Å². The van der Waals surface area contributed by atoms with Crippen molar-refractivity contribution in [2.24, 2.45) is 0 Å². The smallest absolute Gasteiger partial charge is 0.220 e. The quantitative estimate of drug-likeness (QED) is 0.600. The van der Waals surface area contributed by atoms with E-state index in [0.717, 1.165) is 25.2 Å². The first kappa shape index (κ1) is 15.4. The Labute approximate surface area is 125 Å². The van der Waals surface area contributed by atoms with E-state index in [4.69, 9.17) is 0 Å². The Morgan fingerprint density at radius 3 is 2.75 bits per heavy atom. The Kier molecular flexibility index (Phi) is 7.01. The van der Waals surface area contributed by atoms with Gasteiger partial charge >= 0.3 is 0 Å². The molecule has 1 aliphatic carbocycles. The van der Waals surface area contributed by atoms with Crippen molar-refractivity contribution in [3.05, 3.63) is 16.6 Å². The molecule has 4 nitrogen and oxygen atoms in total. The van der Waals surface area contributed by atoms with E-state index in [1.165, 1.54) is 38.5 Å². The molecule has 5 heteroatoms. The lowest BCUT2D eigenvalue weighted by Gasteiger charge is -2.16. The number of rotatable bonds is 7. The molecule has 0 aliphatic heterocycles. The summed E-state index contributed by atoms with van der Waals surface area (Å²) < 4.78 is 0. The topological polar surface area (TPSA) is 54.0 Å². The monoisotopic (exact) mass is 295 g/mol. The molecule has 1 fully saturated rings. The van der Waals surface area contributed by atoms with Gasteiger partial charge in [-0.3, -0.25) is 4.79 Å². The van der Waals surface area contributed by atoms with Crippen LogP contribution in [0.5, 0.6) is 0 Å². The Hall–Kier alpha value is -0.940. The van der Waals surface area contributed by atoms with E-state index in [0.29, 0.717) is 12.5 Å². The number of carbonyl (C=O) groups is 1. The number of hydrogen-bond donors (Lipinski definition) is 2. The van der Waals surface area contributed by atoms with Crippen LogP contribution in [-0.4, -0.2) is 30.0 Å². The normalized spacial score (nSPS) is 16.8. The van der Waals surface area contributed by atoms with E-state index in [1.807, 2.05) is 10.9 Å². The minimum atomic E-state index is 0.126. The minimum Gasteiger partial charge on any atom is -0.355 e. The highest BCUT2D eigenvalue weighted by Crippen LogP contribution is 2.16. The number of thiazole rings is 1. The van der Waals surface area contributed by atoms with Gasteiger partial charge in [0.15, 0.2) is 0 Å². The van der Waals surface area contributed by atoms with E-state index in [9.17, 15) is 4.79 Å². The second kappa shape index (κ2) is 9.08. The van der Waals surface area contributed by atoms with Crippen molar-refractivity contribution >= 4 is 17.2 Å². The molecule has 1 saturated carbocycles. The average Bonchev–Trinajstić information content (AvgIpc) is 2.84. The van der Waals surface area contributed by atoms with Crippen molar-refractivity contribution in [2.45, 2.75) is 57.4 Å². The first-order valence-electron chi connectivity index (χ1n) is 7.72. The van der Waals surface area contributed by atoms with Crippen LogP contribution >= 0.6 is 11.3 Å². The zero-order chi connectivity index (χ0) is 14.0. The number of nitrogens with zero attached hydrogens (tertiary/aromatic N) is 1. The first-order chi connectivity index (χ1) is 9.84. The van der Waals surface area contributed by atoms with Gasteiger partial charge in [-0.2, -0.15) is 0 Å². The molecule has 0 bridgehead atoms. The van der Waals surface area contributed by atoms with Crippen LogP contribution in [0.1, 0.15) is 50.6 Å². The average molecular weight is 295 g/mol. The predicted octanol–water partition coefficient (Wildman–Crippen LogP) is 2.50. The molecule has 0 aromatic carbocycles. The molecule has 1 aromatic rings. The summed E-state index contributed by atoms with van der Waals surface area (Å²) in [6.45, 7) is 1.61. The molecule has 1 heterocycles. The van der Waals surface area contributed by atoms with Crippen molar-refractivity contribution in [3.63, 3.8) is 0 Å². The summed E-state index contributed by atoms with van der Waals surface area (Å²) in [6, 6.07) is 0.657. The van der Waals surface area contributed by atoms with E-state index < -0.39 is 0 Å². The number of hydrogen-bond acceptors (Lipinski definition) is 4. The van der Waals surface area contributed by atoms with Crippen LogP contribution in [-0.2, 0) is 11.2 Å². The summed E-state index contributed by atoms with van der Waals surface area (Å²) in [5.41, 5.74) is 2.82. The summed E-state index contributed by atoms with van der Waals surface area (Å²) in [7, 11) is 0. The molecule has 20 heavy (non-hydrogen) atoms. The standard InChI is InChI=1S/C15H25N3OS/c19-15(8-7-14-11-20-12-18-14)17-10-9-16-13-5-3-1-2-4-6-13/h11-13,16H,1-10H2,(H,17,19). The molecule has 1 aromatic heterocycles. The molecule has 2 rings (SSSR count). The van der Waals surface area contributed by atoms with Gasteiger partial charge < -0.3 is 10.6 Å². The van der Waals surface area contributed by atoms with Gasteiger partial charge in [0.2, 0.25) is 5.91 Å². The summed E-state index contributed by atoms with van der Waals surface area (Å²) in [6.07, 6.45) is 9.31. The van der Waals surface area contributed by atoms with Crippen molar-refractivity contribution in [2.75, 3.05) is 13.1 Å². The van der Waals surface area contributed by atoms with Crippen LogP contribution in [0, 0.1) is 0 Å². The van der Waals surface area contributed by atoms with Crippen LogP contribution in [0.25, 0.3) is 0 Å². The molecule has 112 valence electrons. The zero-order valence-electron chi connectivity index (χ0n) is 12.1. The van der Waals surface area contributed by atoms with Gasteiger partial charge in [-0.15, -0.1) is 11.3 Å². The maximum Gasteiger partial charge on any atom is 0.220 e.